The van der Waals surface area contributed by atoms with E-state index in [0.29, 0.717) is 19.1 Å². The summed E-state index contributed by atoms with van der Waals surface area (Å²) in [4.78, 5) is 4.59. The van der Waals surface area contributed by atoms with Crippen LogP contribution in [0.25, 0.3) is 0 Å². The summed E-state index contributed by atoms with van der Waals surface area (Å²) in [6.07, 6.45) is 0. The summed E-state index contributed by atoms with van der Waals surface area (Å²) in [6, 6.07) is 23.7. The van der Waals surface area contributed by atoms with Gasteiger partial charge in [-0.2, -0.15) is 0 Å². The smallest absolute Gasteiger partial charge is 0.219 e. The number of hydrogen-bond donors (Lipinski definition) is 0. The highest BCUT2D eigenvalue weighted by atomic mass is 28.2. The number of rotatable bonds is 9. The van der Waals surface area contributed by atoms with Crippen molar-refractivity contribution in [3.63, 3.8) is 0 Å². The molecule has 5 heteroatoms. The molecular weight excluding hydrogens is 366 g/mol. The van der Waals surface area contributed by atoms with Gasteiger partial charge in [0.15, 0.2) is 0 Å². The van der Waals surface area contributed by atoms with Gasteiger partial charge in [-0.05, 0) is 49.7 Å². The van der Waals surface area contributed by atoms with Crippen LogP contribution >= 0.6 is 0 Å². The van der Waals surface area contributed by atoms with Gasteiger partial charge in [-0.3, -0.25) is 0 Å². The quantitative estimate of drug-likeness (QED) is 0.486. The molecule has 2 aromatic carbocycles. The van der Waals surface area contributed by atoms with Crippen molar-refractivity contribution >= 4 is 9.52 Å². The fraction of sp³-hybridized carbons (Fsp3) is 0.261. The molecular formula is C23H27NO3Si. The number of para-hydroxylation sites is 1. The predicted octanol–water partition coefficient (Wildman–Crippen LogP) is 4.88. The highest BCUT2D eigenvalue weighted by molar-refractivity contribution is 6.37. The Morgan fingerprint density at radius 3 is 2.32 bits per heavy atom. The van der Waals surface area contributed by atoms with E-state index in [2.05, 4.69) is 30.6 Å². The zero-order valence-corrected chi connectivity index (χ0v) is 18.1. The molecule has 0 N–H and O–H groups in total. The van der Waals surface area contributed by atoms with Crippen molar-refractivity contribution in [2.45, 2.75) is 32.2 Å². The predicted molar refractivity (Wildman–Crippen MR) is 115 cm³/mol. The summed E-state index contributed by atoms with van der Waals surface area (Å²) in [5, 5.41) is -0.261. The van der Waals surface area contributed by atoms with Crippen molar-refractivity contribution in [1.82, 2.24) is 4.98 Å². The van der Waals surface area contributed by atoms with Crippen molar-refractivity contribution in [3.8, 4) is 17.4 Å². The molecule has 0 fully saturated rings. The molecule has 1 aromatic heterocycles. The lowest BCUT2D eigenvalue weighted by Crippen LogP contribution is -2.31. The fourth-order valence-corrected chi connectivity index (χ4v) is 3.85. The molecule has 0 amide bonds. The average Bonchev–Trinajstić information content (AvgIpc) is 2.74. The van der Waals surface area contributed by atoms with Gasteiger partial charge in [-0.15, -0.1) is 0 Å². The van der Waals surface area contributed by atoms with E-state index in [-0.39, 0.29) is 5.22 Å². The van der Waals surface area contributed by atoms with Crippen LogP contribution in [0.2, 0.25) is 6.55 Å². The molecule has 4 nitrogen and oxygen atoms in total. The molecule has 1 unspecified atom stereocenters. The lowest BCUT2D eigenvalue weighted by molar-refractivity contribution is 0.0121. The van der Waals surface area contributed by atoms with E-state index in [1.54, 1.807) is 0 Å². The van der Waals surface area contributed by atoms with Crippen molar-refractivity contribution < 1.29 is 14.2 Å². The summed E-state index contributed by atoms with van der Waals surface area (Å²) >= 11 is 0. The number of aromatic nitrogens is 1. The normalized spacial score (nSPS) is 13.4. The summed E-state index contributed by atoms with van der Waals surface area (Å²) in [5.41, 5.74) is 2.04. The molecule has 1 heterocycles. The van der Waals surface area contributed by atoms with E-state index in [4.69, 9.17) is 14.2 Å². The summed E-state index contributed by atoms with van der Waals surface area (Å²) in [7, 11) is -0.485. The number of benzene rings is 2. The Hall–Kier alpha value is -2.63. The first-order chi connectivity index (χ1) is 13.6. The molecule has 146 valence electrons. The third-order valence-corrected chi connectivity index (χ3v) is 6.70. The van der Waals surface area contributed by atoms with Crippen molar-refractivity contribution in [2.75, 3.05) is 6.61 Å². The first-order valence-electron chi connectivity index (χ1n) is 9.69. The van der Waals surface area contributed by atoms with E-state index in [1.807, 2.05) is 67.6 Å². The van der Waals surface area contributed by atoms with Gasteiger partial charge in [0.2, 0.25) is 5.88 Å². The number of nitrogens with zero attached hydrogens (tertiary/aromatic N) is 1. The third kappa shape index (κ3) is 5.21. The Bertz CT molecular complexity index is 871. The van der Waals surface area contributed by atoms with Crippen molar-refractivity contribution in [2.24, 2.45) is 0 Å². The van der Waals surface area contributed by atoms with E-state index in [1.165, 1.54) is 5.56 Å². The molecule has 0 aliphatic heterocycles. The van der Waals surface area contributed by atoms with Gasteiger partial charge in [-0.25, -0.2) is 4.98 Å². The van der Waals surface area contributed by atoms with Crippen LogP contribution in [-0.4, -0.2) is 21.1 Å². The van der Waals surface area contributed by atoms with Crippen LogP contribution < -0.4 is 9.47 Å². The van der Waals surface area contributed by atoms with Crippen LogP contribution in [0.15, 0.2) is 72.8 Å². The molecule has 3 rings (SSSR count). The Balaban J connectivity index is 1.68. The number of hydrogen-bond acceptors (Lipinski definition) is 4. The van der Waals surface area contributed by atoms with Gasteiger partial charge in [-0.1, -0.05) is 42.9 Å². The van der Waals surface area contributed by atoms with Crippen LogP contribution in [0, 0.1) is 0 Å². The molecule has 28 heavy (non-hydrogen) atoms. The largest absolute Gasteiger partial charge is 0.494 e. The molecule has 1 atom stereocenters. The fourth-order valence-electron chi connectivity index (χ4n) is 2.90. The summed E-state index contributed by atoms with van der Waals surface area (Å²) < 4.78 is 17.7. The average molecular weight is 394 g/mol. The molecule has 3 aromatic rings. The second-order valence-electron chi connectivity index (χ2n) is 6.71. The zero-order valence-electron chi connectivity index (χ0n) is 16.7. The summed E-state index contributed by atoms with van der Waals surface area (Å²) in [5.74, 6) is 2.23. The second kappa shape index (κ2) is 9.53. The Morgan fingerprint density at radius 1 is 0.893 bits per heavy atom. The second-order valence-corrected chi connectivity index (χ2v) is 8.77. The van der Waals surface area contributed by atoms with Crippen LogP contribution in [-0.2, 0) is 16.6 Å². The molecule has 0 aliphatic rings. The van der Waals surface area contributed by atoms with E-state index >= 15 is 0 Å². The third-order valence-electron chi connectivity index (χ3n) is 4.74. The van der Waals surface area contributed by atoms with Gasteiger partial charge in [0.05, 0.1) is 33.7 Å². The Morgan fingerprint density at radius 2 is 1.64 bits per heavy atom. The highest BCUT2D eigenvalue weighted by Crippen LogP contribution is 2.28. The molecule has 0 radical (unpaired) electrons. The maximum absolute atomic E-state index is 6.36. The van der Waals surface area contributed by atoms with Crippen LogP contribution in [0.1, 0.15) is 25.1 Å². The van der Waals surface area contributed by atoms with Gasteiger partial charge in [0.1, 0.15) is 11.5 Å². The lowest BCUT2D eigenvalue weighted by atomic mass is 10.1. The van der Waals surface area contributed by atoms with Crippen LogP contribution in [0.4, 0.5) is 0 Å². The first-order valence-corrected chi connectivity index (χ1v) is 11.8. The van der Waals surface area contributed by atoms with E-state index < -0.39 is 9.52 Å². The Labute approximate surface area is 169 Å². The van der Waals surface area contributed by atoms with Crippen LogP contribution in [0.5, 0.6) is 17.4 Å². The minimum atomic E-state index is -0.485. The maximum Gasteiger partial charge on any atom is 0.219 e. The van der Waals surface area contributed by atoms with Crippen molar-refractivity contribution in [1.29, 1.82) is 0 Å². The van der Waals surface area contributed by atoms with Gasteiger partial charge < -0.3 is 14.2 Å². The monoisotopic (exact) mass is 393 g/mol. The van der Waals surface area contributed by atoms with E-state index in [9.17, 15) is 0 Å². The van der Waals surface area contributed by atoms with Crippen molar-refractivity contribution in [3.05, 3.63) is 84.1 Å². The van der Waals surface area contributed by atoms with Gasteiger partial charge >= 0.3 is 0 Å². The minimum absolute atomic E-state index is 0.261. The van der Waals surface area contributed by atoms with E-state index in [0.717, 1.165) is 17.2 Å². The minimum Gasteiger partial charge on any atom is -0.494 e. The maximum atomic E-state index is 6.36. The summed E-state index contributed by atoms with van der Waals surface area (Å²) in [6.45, 7) is 7.53. The van der Waals surface area contributed by atoms with Gasteiger partial charge in [0, 0.05) is 6.07 Å². The zero-order chi connectivity index (χ0) is 19.8. The molecule has 0 spiro atoms. The number of ether oxygens (including phenoxy) is 3. The first kappa shape index (κ1) is 20.1. The highest BCUT2D eigenvalue weighted by Gasteiger charge is 2.26. The van der Waals surface area contributed by atoms with Gasteiger partial charge in [0.25, 0.3) is 0 Å². The Kier molecular flexibility index (Phi) is 6.84. The SMILES string of the molecule is CCOc1ccc(C(C)(OCc2cccc(Oc3ccccc3)n2)[SiH2]C)cc1. The molecule has 0 aliphatic carbocycles. The standard InChI is InChI=1S/C23H27NO3Si/c1-4-25-20-15-13-18(14-16-20)23(2,28-3)26-17-19-9-8-12-22(24-19)27-21-10-6-5-7-11-21/h5-16H,4,17,28H2,1-3H3. The number of pyridine rings is 1. The lowest BCUT2D eigenvalue weighted by Gasteiger charge is -2.29. The molecule has 0 bridgehead atoms. The van der Waals surface area contributed by atoms with Crippen LogP contribution in [0.3, 0.4) is 0 Å². The topological polar surface area (TPSA) is 40.6 Å². The molecule has 0 saturated carbocycles. The molecule has 0 saturated heterocycles.